The smallest absolute Gasteiger partial charge is 0.152 e. The summed E-state index contributed by atoms with van der Waals surface area (Å²) in [6, 6.07) is 0. The van der Waals surface area contributed by atoms with E-state index in [2.05, 4.69) is 36.4 Å². The first kappa shape index (κ1) is 16.1. The highest BCUT2D eigenvalue weighted by atomic mass is 32.2. The van der Waals surface area contributed by atoms with E-state index >= 15 is 0 Å². The Morgan fingerprint density at radius 1 is 1.32 bits per heavy atom. The molecule has 6 nitrogen and oxygen atoms in total. The first-order valence-electron chi connectivity index (χ1n) is 6.56. The lowest BCUT2D eigenvalue weighted by molar-refractivity contribution is 0.421. The van der Waals surface area contributed by atoms with Crippen LogP contribution in [0.3, 0.4) is 0 Å². The van der Waals surface area contributed by atoms with Crippen LogP contribution in [0.15, 0.2) is 6.20 Å². The molecular formula is C12H24N4O2S. The summed E-state index contributed by atoms with van der Waals surface area (Å²) in [5.41, 5.74) is 0.844. The molecule has 0 saturated carbocycles. The fourth-order valence-electron chi connectivity index (χ4n) is 1.53. The van der Waals surface area contributed by atoms with E-state index in [0.717, 1.165) is 5.69 Å². The lowest BCUT2D eigenvalue weighted by Crippen LogP contribution is -2.35. The Labute approximate surface area is 115 Å². The van der Waals surface area contributed by atoms with Crippen molar-refractivity contribution < 1.29 is 8.42 Å². The van der Waals surface area contributed by atoms with Gasteiger partial charge in [-0.2, -0.15) is 0 Å². The number of rotatable bonds is 7. The van der Waals surface area contributed by atoms with Crippen molar-refractivity contribution >= 4 is 9.84 Å². The van der Waals surface area contributed by atoms with Gasteiger partial charge in [-0.15, -0.1) is 5.10 Å². The third kappa shape index (κ3) is 6.68. The van der Waals surface area contributed by atoms with Crippen LogP contribution in [0.5, 0.6) is 0 Å². The highest BCUT2D eigenvalue weighted by molar-refractivity contribution is 7.91. The largest absolute Gasteiger partial charge is 0.306 e. The van der Waals surface area contributed by atoms with Crippen molar-refractivity contribution in [3.05, 3.63) is 11.9 Å². The maximum Gasteiger partial charge on any atom is 0.152 e. The summed E-state index contributed by atoms with van der Waals surface area (Å²) in [4.78, 5) is 0. The van der Waals surface area contributed by atoms with Gasteiger partial charge >= 0.3 is 0 Å². The van der Waals surface area contributed by atoms with Crippen LogP contribution in [0.2, 0.25) is 0 Å². The second kappa shape index (κ2) is 6.47. The number of sulfone groups is 1. The van der Waals surface area contributed by atoms with Crippen molar-refractivity contribution in [3.63, 3.8) is 0 Å². The summed E-state index contributed by atoms with van der Waals surface area (Å²) >= 11 is 0. The number of nitrogens with zero attached hydrogens (tertiary/aromatic N) is 3. The van der Waals surface area contributed by atoms with Gasteiger partial charge in [-0.1, -0.05) is 12.1 Å². The van der Waals surface area contributed by atoms with Gasteiger partial charge in [0.1, 0.15) is 0 Å². The molecule has 0 saturated heterocycles. The SMILES string of the molecule is CCCS(=O)(=O)CCn1cc(CNC(C)(C)C)nn1. The van der Waals surface area contributed by atoms with Gasteiger partial charge in [-0.25, -0.2) is 8.42 Å². The summed E-state index contributed by atoms with van der Waals surface area (Å²) in [6.45, 7) is 9.09. The molecule has 0 spiro atoms. The highest BCUT2D eigenvalue weighted by Gasteiger charge is 2.12. The van der Waals surface area contributed by atoms with Crippen LogP contribution < -0.4 is 5.32 Å². The molecule has 0 aromatic carbocycles. The third-order valence-electron chi connectivity index (χ3n) is 2.53. The fraction of sp³-hybridized carbons (Fsp3) is 0.833. The Hall–Kier alpha value is -0.950. The van der Waals surface area contributed by atoms with Gasteiger partial charge in [0.25, 0.3) is 0 Å². The molecule has 1 aromatic heterocycles. The van der Waals surface area contributed by atoms with Crippen LogP contribution in [-0.4, -0.2) is 40.5 Å². The molecule has 1 heterocycles. The molecule has 1 aromatic rings. The maximum atomic E-state index is 11.6. The van der Waals surface area contributed by atoms with E-state index in [0.29, 0.717) is 19.5 Å². The number of aryl methyl sites for hydroxylation is 1. The Bertz CT molecular complexity index is 488. The van der Waals surface area contributed by atoms with Crippen molar-refractivity contribution in [1.29, 1.82) is 0 Å². The second-order valence-electron chi connectivity index (χ2n) is 5.73. The molecule has 0 radical (unpaired) electrons. The van der Waals surface area contributed by atoms with Gasteiger partial charge in [-0.05, 0) is 27.2 Å². The normalized spacial score (nSPS) is 12.8. The maximum absolute atomic E-state index is 11.6. The van der Waals surface area contributed by atoms with Gasteiger partial charge in [0.05, 0.1) is 18.0 Å². The second-order valence-corrected chi connectivity index (χ2v) is 8.03. The van der Waals surface area contributed by atoms with Crippen molar-refractivity contribution in [2.45, 2.75) is 52.7 Å². The zero-order chi connectivity index (χ0) is 14.5. The minimum absolute atomic E-state index is 0.0221. The molecule has 0 aliphatic heterocycles. The molecule has 110 valence electrons. The van der Waals surface area contributed by atoms with Gasteiger partial charge in [0.2, 0.25) is 0 Å². The number of aromatic nitrogens is 3. The minimum atomic E-state index is -2.96. The molecule has 1 rings (SSSR count). The summed E-state index contributed by atoms with van der Waals surface area (Å²) < 4.78 is 24.8. The van der Waals surface area contributed by atoms with Gasteiger partial charge in [0.15, 0.2) is 9.84 Å². The van der Waals surface area contributed by atoms with E-state index in [-0.39, 0.29) is 17.0 Å². The van der Waals surface area contributed by atoms with Crippen LogP contribution >= 0.6 is 0 Å². The summed E-state index contributed by atoms with van der Waals surface area (Å²) in [7, 11) is -2.96. The van der Waals surface area contributed by atoms with E-state index in [9.17, 15) is 8.42 Å². The number of nitrogens with one attached hydrogen (secondary N) is 1. The van der Waals surface area contributed by atoms with Crippen LogP contribution in [0.4, 0.5) is 0 Å². The van der Waals surface area contributed by atoms with Crippen molar-refractivity contribution in [2.75, 3.05) is 11.5 Å². The van der Waals surface area contributed by atoms with Crippen LogP contribution in [0.1, 0.15) is 39.8 Å². The van der Waals surface area contributed by atoms with Crippen molar-refractivity contribution in [1.82, 2.24) is 20.3 Å². The van der Waals surface area contributed by atoms with Crippen LogP contribution in [-0.2, 0) is 22.9 Å². The molecule has 0 amide bonds. The standard InChI is InChI=1S/C12H24N4O2S/c1-5-7-19(17,18)8-6-16-10-11(14-15-16)9-13-12(2,3)4/h10,13H,5-9H2,1-4H3. The molecule has 1 N–H and O–H groups in total. The highest BCUT2D eigenvalue weighted by Crippen LogP contribution is 2.02. The predicted molar refractivity (Wildman–Crippen MR) is 75.6 cm³/mol. The average molecular weight is 288 g/mol. The molecule has 0 fully saturated rings. The summed E-state index contributed by atoms with van der Waals surface area (Å²) in [5, 5.41) is 11.3. The third-order valence-corrected chi connectivity index (χ3v) is 4.37. The summed E-state index contributed by atoms with van der Waals surface area (Å²) in [6.07, 6.45) is 2.45. The summed E-state index contributed by atoms with van der Waals surface area (Å²) in [5.74, 6) is 0.358. The van der Waals surface area contributed by atoms with Gasteiger partial charge in [0, 0.05) is 24.0 Å². The molecule has 0 aliphatic rings. The topological polar surface area (TPSA) is 76.9 Å². The molecule has 0 unspecified atom stereocenters. The van der Waals surface area contributed by atoms with E-state index < -0.39 is 9.84 Å². The lowest BCUT2D eigenvalue weighted by atomic mass is 10.1. The zero-order valence-corrected chi connectivity index (χ0v) is 13.0. The van der Waals surface area contributed by atoms with Crippen LogP contribution in [0, 0.1) is 0 Å². The Balaban J connectivity index is 2.47. The molecule has 7 heteroatoms. The van der Waals surface area contributed by atoms with Gasteiger partial charge in [-0.3, -0.25) is 4.68 Å². The molecular weight excluding hydrogens is 264 g/mol. The number of hydrogen-bond donors (Lipinski definition) is 1. The first-order valence-corrected chi connectivity index (χ1v) is 8.38. The van der Waals surface area contributed by atoms with E-state index in [1.165, 1.54) is 0 Å². The van der Waals surface area contributed by atoms with Crippen molar-refractivity contribution in [2.24, 2.45) is 0 Å². The monoisotopic (exact) mass is 288 g/mol. The average Bonchev–Trinajstić information content (AvgIpc) is 2.71. The zero-order valence-electron chi connectivity index (χ0n) is 12.2. The Kier molecular flexibility index (Phi) is 5.49. The van der Waals surface area contributed by atoms with Crippen molar-refractivity contribution in [3.8, 4) is 0 Å². The minimum Gasteiger partial charge on any atom is -0.306 e. The predicted octanol–water partition coefficient (Wildman–Crippen LogP) is 0.991. The molecule has 0 bridgehead atoms. The quantitative estimate of drug-likeness (QED) is 0.809. The van der Waals surface area contributed by atoms with Crippen LogP contribution in [0.25, 0.3) is 0 Å². The Morgan fingerprint density at radius 3 is 2.58 bits per heavy atom. The number of hydrogen-bond acceptors (Lipinski definition) is 5. The van der Waals surface area contributed by atoms with Gasteiger partial charge < -0.3 is 5.32 Å². The van der Waals surface area contributed by atoms with E-state index in [4.69, 9.17) is 0 Å². The molecule has 19 heavy (non-hydrogen) atoms. The molecule has 0 atom stereocenters. The fourth-order valence-corrected chi connectivity index (χ4v) is 2.82. The Morgan fingerprint density at radius 2 is 2.00 bits per heavy atom. The van der Waals surface area contributed by atoms with E-state index in [1.807, 2.05) is 6.92 Å². The first-order chi connectivity index (χ1) is 8.72. The van der Waals surface area contributed by atoms with E-state index in [1.54, 1.807) is 10.9 Å². The molecule has 0 aliphatic carbocycles. The lowest BCUT2D eigenvalue weighted by Gasteiger charge is -2.19.